The molecule has 0 saturated carbocycles. The van der Waals surface area contributed by atoms with Crippen LogP contribution in [0.4, 0.5) is 6.01 Å². The van der Waals surface area contributed by atoms with Gasteiger partial charge in [0.15, 0.2) is 5.58 Å². The van der Waals surface area contributed by atoms with Crippen LogP contribution in [0.1, 0.15) is 23.2 Å². The Balaban J connectivity index is 1.10. The van der Waals surface area contributed by atoms with E-state index in [0.717, 1.165) is 42.8 Å². The number of carbonyl (C=O) groups excluding carboxylic acids is 1. The molecule has 162 valence electrons. The lowest BCUT2D eigenvalue weighted by atomic mass is 9.97. The molecule has 1 saturated heterocycles. The summed E-state index contributed by atoms with van der Waals surface area (Å²) in [6.07, 6.45) is 1.98. The van der Waals surface area contributed by atoms with Gasteiger partial charge >= 0.3 is 0 Å². The molecule has 0 atom stereocenters. The molecule has 1 fully saturated rings. The maximum atomic E-state index is 12.6. The molecule has 2 heterocycles. The number of fused-ring (bicyclic) bond motifs is 1. The van der Waals surface area contributed by atoms with E-state index in [1.807, 2.05) is 66.7 Å². The highest BCUT2D eigenvalue weighted by Crippen LogP contribution is 2.26. The van der Waals surface area contributed by atoms with Crippen LogP contribution in [0.15, 0.2) is 83.3 Å². The molecule has 0 unspecified atom stereocenters. The van der Waals surface area contributed by atoms with Gasteiger partial charge in [-0.05, 0) is 67.3 Å². The Morgan fingerprint density at radius 3 is 2.38 bits per heavy atom. The van der Waals surface area contributed by atoms with Gasteiger partial charge in [-0.25, -0.2) is 0 Å². The summed E-state index contributed by atoms with van der Waals surface area (Å²) >= 11 is 0. The van der Waals surface area contributed by atoms with Crippen LogP contribution in [0.5, 0.6) is 11.5 Å². The zero-order valence-corrected chi connectivity index (χ0v) is 17.7. The Morgan fingerprint density at radius 2 is 1.62 bits per heavy atom. The van der Waals surface area contributed by atoms with Crippen molar-refractivity contribution in [3.8, 4) is 11.5 Å². The summed E-state index contributed by atoms with van der Waals surface area (Å²) in [7, 11) is 0. The second kappa shape index (κ2) is 9.14. The topological polar surface area (TPSA) is 67.6 Å². The number of ether oxygens (including phenoxy) is 1. The molecule has 5 rings (SSSR count). The van der Waals surface area contributed by atoms with E-state index >= 15 is 0 Å². The molecule has 3 aromatic carbocycles. The van der Waals surface area contributed by atoms with Crippen LogP contribution in [0.2, 0.25) is 0 Å². The van der Waals surface area contributed by atoms with Crippen LogP contribution in [-0.2, 0) is 0 Å². The minimum Gasteiger partial charge on any atom is -0.457 e. The van der Waals surface area contributed by atoms with E-state index in [-0.39, 0.29) is 5.91 Å². The number of hydrogen-bond acceptors (Lipinski definition) is 5. The maximum absolute atomic E-state index is 12.6. The maximum Gasteiger partial charge on any atom is 0.298 e. The molecule has 1 aliphatic rings. The fraction of sp³-hybridized carbons (Fsp3) is 0.231. The fourth-order valence-electron chi connectivity index (χ4n) is 3.96. The van der Waals surface area contributed by atoms with E-state index in [0.29, 0.717) is 29.8 Å². The minimum absolute atomic E-state index is 0.0577. The van der Waals surface area contributed by atoms with Crippen LogP contribution in [0, 0.1) is 5.92 Å². The van der Waals surface area contributed by atoms with Crippen molar-refractivity contribution < 1.29 is 13.9 Å². The van der Waals surface area contributed by atoms with Gasteiger partial charge in [-0.2, -0.15) is 4.98 Å². The lowest BCUT2D eigenvalue weighted by Gasteiger charge is -2.30. The number of oxazole rings is 1. The van der Waals surface area contributed by atoms with Crippen LogP contribution < -0.4 is 15.0 Å². The van der Waals surface area contributed by atoms with Crippen LogP contribution in [0.3, 0.4) is 0 Å². The lowest BCUT2D eigenvalue weighted by molar-refractivity contribution is 0.0944. The Kier molecular flexibility index (Phi) is 5.75. The first-order valence-electron chi connectivity index (χ1n) is 11.0. The van der Waals surface area contributed by atoms with Crippen molar-refractivity contribution in [2.24, 2.45) is 5.92 Å². The second-order valence-electron chi connectivity index (χ2n) is 8.04. The number of amides is 1. The summed E-state index contributed by atoms with van der Waals surface area (Å²) in [4.78, 5) is 19.3. The van der Waals surface area contributed by atoms with Crippen LogP contribution >= 0.6 is 0 Å². The van der Waals surface area contributed by atoms with Gasteiger partial charge < -0.3 is 19.4 Å². The Bertz CT molecular complexity index is 1150. The van der Waals surface area contributed by atoms with Crippen molar-refractivity contribution in [3.63, 3.8) is 0 Å². The highest BCUT2D eigenvalue weighted by atomic mass is 16.5. The van der Waals surface area contributed by atoms with E-state index in [4.69, 9.17) is 9.15 Å². The van der Waals surface area contributed by atoms with Crippen molar-refractivity contribution in [3.05, 3.63) is 84.4 Å². The molecule has 0 radical (unpaired) electrons. The van der Waals surface area contributed by atoms with Gasteiger partial charge in [0.25, 0.3) is 11.9 Å². The number of anilines is 1. The van der Waals surface area contributed by atoms with Gasteiger partial charge in [0.1, 0.15) is 17.0 Å². The van der Waals surface area contributed by atoms with E-state index in [2.05, 4.69) is 15.2 Å². The Hall–Kier alpha value is -3.80. The number of nitrogens with zero attached hydrogens (tertiary/aromatic N) is 2. The summed E-state index contributed by atoms with van der Waals surface area (Å²) in [5.41, 5.74) is 2.34. The molecule has 6 nitrogen and oxygen atoms in total. The lowest BCUT2D eigenvalue weighted by Crippen LogP contribution is -2.38. The predicted molar refractivity (Wildman–Crippen MR) is 124 cm³/mol. The average Bonchev–Trinajstić information content (AvgIpc) is 3.28. The molecule has 32 heavy (non-hydrogen) atoms. The third kappa shape index (κ3) is 4.59. The first-order chi connectivity index (χ1) is 15.7. The molecular weight excluding hydrogens is 402 g/mol. The van der Waals surface area contributed by atoms with Gasteiger partial charge in [0.2, 0.25) is 0 Å². The first-order valence-corrected chi connectivity index (χ1v) is 11.0. The molecule has 1 aliphatic heterocycles. The van der Waals surface area contributed by atoms with Gasteiger partial charge in [-0.3, -0.25) is 4.79 Å². The number of piperidine rings is 1. The number of aromatic nitrogens is 1. The normalized spacial score (nSPS) is 14.4. The molecular formula is C26H25N3O3. The number of rotatable bonds is 6. The van der Waals surface area contributed by atoms with Gasteiger partial charge in [-0.15, -0.1) is 0 Å². The monoisotopic (exact) mass is 427 g/mol. The molecule has 0 aliphatic carbocycles. The minimum atomic E-state index is -0.0577. The van der Waals surface area contributed by atoms with Crippen LogP contribution in [0.25, 0.3) is 11.1 Å². The van der Waals surface area contributed by atoms with E-state index < -0.39 is 0 Å². The zero-order chi connectivity index (χ0) is 21.8. The number of carbonyl (C=O) groups is 1. The summed E-state index contributed by atoms with van der Waals surface area (Å²) in [5, 5.41) is 3.08. The third-order valence-electron chi connectivity index (χ3n) is 5.81. The smallest absolute Gasteiger partial charge is 0.298 e. The third-order valence-corrected chi connectivity index (χ3v) is 5.81. The van der Waals surface area contributed by atoms with Crippen molar-refractivity contribution >= 4 is 23.0 Å². The first kappa shape index (κ1) is 20.1. The van der Waals surface area contributed by atoms with E-state index in [1.54, 1.807) is 12.1 Å². The van der Waals surface area contributed by atoms with Gasteiger partial charge in [-0.1, -0.05) is 30.3 Å². The summed E-state index contributed by atoms with van der Waals surface area (Å²) < 4.78 is 11.7. The SMILES string of the molecule is O=C(NCC1CCN(c2nc3ccccc3o2)CC1)c1ccc(Oc2ccccc2)cc1. The van der Waals surface area contributed by atoms with Crippen molar-refractivity contribution in [1.29, 1.82) is 0 Å². The largest absolute Gasteiger partial charge is 0.457 e. The molecule has 4 aromatic rings. The highest BCUT2D eigenvalue weighted by molar-refractivity contribution is 5.94. The fourth-order valence-corrected chi connectivity index (χ4v) is 3.96. The van der Waals surface area contributed by atoms with Crippen molar-refractivity contribution in [2.45, 2.75) is 12.8 Å². The summed E-state index contributed by atoms with van der Waals surface area (Å²) in [6, 6.07) is 25.3. The van der Waals surface area contributed by atoms with Crippen molar-refractivity contribution in [2.75, 3.05) is 24.5 Å². The summed E-state index contributed by atoms with van der Waals surface area (Å²) in [6.45, 7) is 2.42. The van der Waals surface area contributed by atoms with Gasteiger partial charge in [0, 0.05) is 25.2 Å². The Labute approximate surface area is 186 Å². The molecule has 1 aromatic heterocycles. The average molecular weight is 428 g/mol. The quantitative estimate of drug-likeness (QED) is 0.454. The van der Waals surface area contributed by atoms with Crippen LogP contribution in [-0.4, -0.2) is 30.5 Å². The predicted octanol–water partition coefficient (Wildman–Crippen LogP) is 5.27. The highest BCUT2D eigenvalue weighted by Gasteiger charge is 2.23. The number of benzene rings is 3. The molecule has 0 bridgehead atoms. The standard InChI is InChI=1S/C26H25N3O3/c30-25(20-10-12-22(13-11-20)31-21-6-2-1-3-7-21)27-18-19-14-16-29(17-15-19)26-28-23-8-4-5-9-24(23)32-26/h1-13,19H,14-18H2,(H,27,30). The summed E-state index contributed by atoms with van der Waals surface area (Å²) in [5.74, 6) is 1.87. The zero-order valence-electron chi connectivity index (χ0n) is 17.7. The van der Waals surface area contributed by atoms with E-state index in [1.165, 1.54) is 0 Å². The number of hydrogen-bond donors (Lipinski definition) is 1. The van der Waals surface area contributed by atoms with Gasteiger partial charge in [0.05, 0.1) is 0 Å². The molecule has 0 spiro atoms. The number of nitrogens with one attached hydrogen (secondary N) is 1. The molecule has 1 amide bonds. The molecule has 6 heteroatoms. The second-order valence-corrected chi connectivity index (χ2v) is 8.04. The number of para-hydroxylation sites is 3. The molecule has 1 N–H and O–H groups in total. The van der Waals surface area contributed by atoms with Crippen molar-refractivity contribution in [1.82, 2.24) is 10.3 Å². The van der Waals surface area contributed by atoms with E-state index in [9.17, 15) is 4.79 Å². The Morgan fingerprint density at radius 1 is 0.938 bits per heavy atom.